The fourth-order valence-electron chi connectivity index (χ4n) is 3.00. The number of hydrogen-bond donors (Lipinski definition) is 0. The Morgan fingerprint density at radius 2 is 2.03 bits per heavy atom. The zero-order chi connectivity index (χ0) is 20.4. The monoisotopic (exact) mass is 407 g/mol. The molecule has 8 heteroatoms. The second-order valence-electron chi connectivity index (χ2n) is 6.80. The highest BCUT2D eigenvalue weighted by atomic mass is 32.2. The molecule has 1 aromatic carbocycles. The number of hydrogen-bond acceptors (Lipinski definition) is 7. The van der Waals surface area contributed by atoms with Crippen LogP contribution in [0.4, 0.5) is 0 Å². The molecule has 0 N–H and O–H groups in total. The van der Waals surface area contributed by atoms with Gasteiger partial charge in [0.05, 0.1) is 16.2 Å². The molecule has 4 aromatic rings. The number of aryl methyl sites for hydroxylation is 2. The van der Waals surface area contributed by atoms with Crippen LogP contribution in [0.1, 0.15) is 42.8 Å². The van der Waals surface area contributed by atoms with Crippen molar-refractivity contribution in [3.05, 3.63) is 70.2 Å². The van der Waals surface area contributed by atoms with E-state index in [-0.39, 0.29) is 10.8 Å². The van der Waals surface area contributed by atoms with E-state index in [9.17, 15) is 4.79 Å². The Balaban J connectivity index is 1.81. The summed E-state index contributed by atoms with van der Waals surface area (Å²) >= 11 is 1.40. The summed E-state index contributed by atoms with van der Waals surface area (Å²) in [5.41, 5.74) is 1.51. The molecular weight excluding hydrogens is 386 g/mol. The van der Waals surface area contributed by atoms with Crippen LogP contribution in [0, 0.1) is 6.92 Å². The fraction of sp³-hybridized carbons (Fsp3) is 0.286. The van der Waals surface area contributed by atoms with Crippen molar-refractivity contribution in [1.82, 2.24) is 24.7 Å². The molecule has 7 nitrogen and oxygen atoms in total. The zero-order valence-electron chi connectivity index (χ0n) is 16.5. The molecule has 0 aliphatic heterocycles. The first-order valence-corrected chi connectivity index (χ1v) is 10.4. The smallest absolute Gasteiger partial charge is 0.267 e. The third kappa shape index (κ3) is 3.93. The number of fused-ring (bicyclic) bond motifs is 1. The van der Waals surface area contributed by atoms with E-state index in [0.29, 0.717) is 33.6 Å². The Morgan fingerprint density at radius 3 is 2.83 bits per heavy atom. The standard InChI is InChI=1S/C21H21N5O2S/c1-4-7-17-24-19(28-25-17)14(3)29-21-23-16-9-6-5-8-15(16)20(27)26(21)18-12-13(2)10-11-22-18/h5-6,8-12,14H,4,7H2,1-3H3/t14-/m0/s1. The first kappa shape index (κ1) is 19.3. The minimum atomic E-state index is -0.169. The van der Waals surface area contributed by atoms with Crippen molar-refractivity contribution in [3.63, 3.8) is 0 Å². The molecule has 148 valence electrons. The summed E-state index contributed by atoms with van der Waals surface area (Å²) in [6.45, 7) is 6.00. The van der Waals surface area contributed by atoms with Crippen LogP contribution < -0.4 is 5.56 Å². The van der Waals surface area contributed by atoms with Gasteiger partial charge in [0.1, 0.15) is 5.82 Å². The number of benzene rings is 1. The van der Waals surface area contributed by atoms with Gasteiger partial charge >= 0.3 is 0 Å². The third-order valence-corrected chi connectivity index (χ3v) is 5.50. The van der Waals surface area contributed by atoms with Gasteiger partial charge in [-0.25, -0.2) is 14.5 Å². The summed E-state index contributed by atoms with van der Waals surface area (Å²) in [4.78, 5) is 26.9. The van der Waals surface area contributed by atoms with Crippen molar-refractivity contribution in [2.24, 2.45) is 0 Å². The van der Waals surface area contributed by atoms with Gasteiger partial charge in [-0.1, -0.05) is 36.0 Å². The summed E-state index contributed by atoms with van der Waals surface area (Å²) in [5.74, 6) is 1.75. The SMILES string of the molecule is CCCc1noc([C@H](C)Sc2nc3ccccc3c(=O)n2-c2cc(C)ccn2)n1. The summed E-state index contributed by atoms with van der Waals surface area (Å²) in [7, 11) is 0. The zero-order valence-corrected chi connectivity index (χ0v) is 17.3. The van der Waals surface area contributed by atoms with Crippen LogP contribution in [0.2, 0.25) is 0 Å². The van der Waals surface area contributed by atoms with Crippen molar-refractivity contribution >= 4 is 22.7 Å². The highest BCUT2D eigenvalue weighted by Crippen LogP contribution is 2.34. The number of pyridine rings is 1. The van der Waals surface area contributed by atoms with E-state index in [0.717, 1.165) is 18.4 Å². The summed E-state index contributed by atoms with van der Waals surface area (Å²) in [5, 5.41) is 4.95. The quantitative estimate of drug-likeness (QED) is 0.348. The Labute approximate surface area is 172 Å². The Hall–Kier alpha value is -3.00. The molecule has 0 aliphatic rings. The molecule has 0 saturated heterocycles. The fourth-order valence-corrected chi connectivity index (χ4v) is 3.95. The van der Waals surface area contributed by atoms with Gasteiger partial charge in [-0.2, -0.15) is 4.98 Å². The second kappa shape index (κ2) is 8.16. The van der Waals surface area contributed by atoms with Crippen LogP contribution in [0.25, 0.3) is 16.7 Å². The summed E-state index contributed by atoms with van der Waals surface area (Å²) in [6, 6.07) is 11.1. The van der Waals surface area contributed by atoms with E-state index in [1.807, 2.05) is 44.2 Å². The van der Waals surface area contributed by atoms with Gasteiger partial charge in [0, 0.05) is 12.6 Å². The minimum absolute atomic E-state index is 0.152. The van der Waals surface area contributed by atoms with Crippen molar-refractivity contribution < 1.29 is 4.52 Å². The number of aromatic nitrogens is 5. The number of nitrogens with zero attached hydrogens (tertiary/aromatic N) is 5. The molecule has 4 rings (SSSR count). The van der Waals surface area contributed by atoms with Crippen LogP contribution >= 0.6 is 11.8 Å². The largest absolute Gasteiger partial charge is 0.338 e. The first-order chi connectivity index (χ1) is 14.1. The number of rotatable bonds is 6. The number of thioether (sulfide) groups is 1. The van der Waals surface area contributed by atoms with Gasteiger partial charge in [-0.3, -0.25) is 4.79 Å². The summed E-state index contributed by atoms with van der Waals surface area (Å²) in [6.07, 6.45) is 3.41. The van der Waals surface area contributed by atoms with E-state index in [2.05, 4.69) is 22.0 Å². The number of para-hydroxylation sites is 1. The second-order valence-corrected chi connectivity index (χ2v) is 8.11. The first-order valence-electron chi connectivity index (χ1n) is 9.50. The lowest BCUT2D eigenvalue weighted by Gasteiger charge is -2.14. The van der Waals surface area contributed by atoms with E-state index < -0.39 is 0 Å². The van der Waals surface area contributed by atoms with Gasteiger partial charge < -0.3 is 4.52 Å². The molecule has 0 spiro atoms. The van der Waals surface area contributed by atoms with Crippen LogP contribution in [0.5, 0.6) is 0 Å². The molecule has 1 atom stereocenters. The summed E-state index contributed by atoms with van der Waals surface area (Å²) < 4.78 is 6.98. The van der Waals surface area contributed by atoms with Crippen LogP contribution in [0.3, 0.4) is 0 Å². The van der Waals surface area contributed by atoms with Crippen molar-refractivity contribution in [1.29, 1.82) is 0 Å². The van der Waals surface area contributed by atoms with Gasteiger partial charge in [0.2, 0.25) is 5.89 Å². The van der Waals surface area contributed by atoms with E-state index in [1.54, 1.807) is 16.8 Å². The predicted molar refractivity (Wildman–Crippen MR) is 112 cm³/mol. The molecule has 0 fully saturated rings. The highest BCUT2D eigenvalue weighted by molar-refractivity contribution is 7.99. The maximum atomic E-state index is 13.3. The normalized spacial score (nSPS) is 12.4. The maximum Gasteiger partial charge on any atom is 0.267 e. The topological polar surface area (TPSA) is 86.7 Å². The third-order valence-electron chi connectivity index (χ3n) is 4.46. The molecule has 0 aliphatic carbocycles. The molecule has 3 heterocycles. The Bertz CT molecular complexity index is 1220. The van der Waals surface area contributed by atoms with E-state index >= 15 is 0 Å². The maximum absolute atomic E-state index is 13.3. The molecule has 29 heavy (non-hydrogen) atoms. The lowest BCUT2D eigenvalue weighted by molar-refractivity contribution is 0.374. The van der Waals surface area contributed by atoms with E-state index in [1.165, 1.54) is 11.8 Å². The van der Waals surface area contributed by atoms with Gasteiger partial charge in [-0.05, 0) is 50.1 Å². The van der Waals surface area contributed by atoms with Crippen LogP contribution in [0.15, 0.2) is 57.1 Å². The molecule has 0 saturated carbocycles. The average Bonchev–Trinajstić information content (AvgIpc) is 3.17. The van der Waals surface area contributed by atoms with Crippen LogP contribution in [-0.4, -0.2) is 24.7 Å². The van der Waals surface area contributed by atoms with Crippen molar-refractivity contribution in [2.75, 3.05) is 0 Å². The van der Waals surface area contributed by atoms with Crippen molar-refractivity contribution in [2.45, 2.75) is 44.0 Å². The predicted octanol–water partition coefficient (Wildman–Crippen LogP) is 4.28. The molecule has 0 radical (unpaired) electrons. The lowest BCUT2D eigenvalue weighted by Crippen LogP contribution is -2.23. The van der Waals surface area contributed by atoms with E-state index in [4.69, 9.17) is 9.51 Å². The Kier molecular flexibility index (Phi) is 5.44. The minimum Gasteiger partial charge on any atom is -0.338 e. The average molecular weight is 407 g/mol. The van der Waals surface area contributed by atoms with Crippen molar-refractivity contribution in [3.8, 4) is 5.82 Å². The van der Waals surface area contributed by atoms with Gasteiger partial charge in [-0.15, -0.1) is 0 Å². The van der Waals surface area contributed by atoms with Crippen LogP contribution in [-0.2, 0) is 6.42 Å². The van der Waals surface area contributed by atoms with Gasteiger partial charge in [0.25, 0.3) is 5.56 Å². The Morgan fingerprint density at radius 1 is 1.21 bits per heavy atom. The highest BCUT2D eigenvalue weighted by Gasteiger charge is 2.21. The molecule has 0 unspecified atom stereocenters. The molecular formula is C21H21N5O2S. The molecule has 0 bridgehead atoms. The lowest BCUT2D eigenvalue weighted by atomic mass is 10.2. The molecule has 0 amide bonds. The molecule has 3 aromatic heterocycles. The van der Waals surface area contributed by atoms with Gasteiger partial charge in [0.15, 0.2) is 11.0 Å².